The molecule has 2 heterocycles. The molecule has 0 aliphatic carbocycles. The van der Waals surface area contributed by atoms with Gasteiger partial charge in [0.1, 0.15) is 5.54 Å². The van der Waals surface area contributed by atoms with E-state index < -0.39 is 15.6 Å². The van der Waals surface area contributed by atoms with Crippen LogP contribution in [0.4, 0.5) is 0 Å². The number of carbonyl (C=O) groups is 1. The van der Waals surface area contributed by atoms with E-state index in [2.05, 4.69) is 15.9 Å². The Morgan fingerprint density at radius 2 is 2.22 bits per heavy atom. The van der Waals surface area contributed by atoms with Crippen molar-refractivity contribution in [3.05, 3.63) is 12.2 Å². The molecule has 2 saturated heterocycles. The van der Waals surface area contributed by atoms with Gasteiger partial charge in [-0.2, -0.15) is 0 Å². The van der Waals surface area contributed by atoms with E-state index in [4.69, 9.17) is 39.5 Å². The number of rotatable bonds is 3. The molecule has 2 atom stereocenters. The summed E-state index contributed by atoms with van der Waals surface area (Å²) >= 11 is 21.0. The Balaban J connectivity index is 2.23. The quantitative estimate of drug-likeness (QED) is 0.429. The van der Waals surface area contributed by atoms with Gasteiger partial charge in [0, 0.05) is 11.9 Å². The Kier molecular flexibility index (Phi) is 4.55. The average Bonchev–Trinajstić information content (AvgIpc) is 2.78. The molecular weight excluding hydrogens is 364 g/mol. The summed E-state index contributed by atoms with van der Waals surface area (Å²) in [7, 11) is 0. The summed E-state index contributed by atoms with van der Waals surface area (Å²) in [6.45, 7) is 0.715. The molecule has 0 aromatic carbocycles. The highest BCUT2D eigenvalue weighted by Gasteiger charge is 2.61. The van der Waals surface area contributed by atoms with Gasteiger partial charge in [0.15, 0.2) is 0 Å². The van der Waals surface area contributed by atoms with Crippen LogP contribution >= 0.6 is 50.7 Å². The van der Waals surface area contributed by atoms with Crippen molar-refractivity contribution >= 4 is 56.7 Å². The molecule has 0 spiro atoms. The topological polar surface area (TPSA) is 29.5 Å². The van der Waals surface area contributed by atoms with E-state index in [1.807, 2.05) is 17.1 Å². The highest BCUT2D eigenvalue weighted by atomic mass is 79.9. The second-order valence-electron chi connectivity index (χ2n) is 4.46. The smallest absolute Gasteiger partial charge is 0.328 e. The minimum Gasteiger partial charge on any atom is -0.440 e. The number of hydrogen-bond acceptors (Lipinski definition) is 3. The van der Waals surface area contributed by atoms with Gasteiger partial charge in [0.25, 0.3) is 0 Å². The highest BCUT2D eigenvalue weighted by Crippen LogP contribution is 2.48. The minimum absolute atomic E-state index is 0.282. The number of halogens is 4. The third-order valence-electron chi connectivity index (χ3n) is 3.41. The molecule has 102 valence electrons. The van der Waals surface area contributed by atoms with E-state index in [9.17, 15) is 4.79 Å². The number of alkyl halides is 4. The van der Waals surface area contributed by atoms with Crippen LogP contribution in [0.5, 0.6) is 0 Å². The lowest BCUT2D eigenvalue weighted by Gasteiger charge is -2.31. The third kappa shape index (κ3) is 2.55. The van der Waals surface area contributed by atoms with Crippen LogP contribution in [0, 0.1) is 0 Å². The maximum absolute atomic E-state index is 12.1. The average molecular weight is 377 g/mol. The van der Waals surface area contributed by atoms with Gasteiger partial charge in [-0.1, -0.05) is 62.9 Å². The van der Waals surface area contributed by atoms with Crippen LogP contribution in [0.15, 0.2) is 12.2 Å². The number of nitrogens with zero attached hydrogens (tertiary/aromatic N) is 1. The van der Waals surface area contributed by atoms with Crippen LogP contribution in [0.1, 0.15) is 19.3 Å². The molecule has 2 aliphatic heterocycles. The fourth-order valence-electron chi connectivity index (χ4n) is 2.62. The van der Waals surface area contributed by atoms with Crippen LogP contribution in [-0.2, 0) is 9.53 Å². The van der Waals surface area contributed by atoms with Gasteiger partial charge >= 0.3 is 5.97 Å². The van der Waals surface area contributed by atoms with E-state index in [1.54, 1.807) is 0 Å². The van der Waals surface area contributed by atoms with E-state index in [0.29, 0.717) is 13.0 Å². The lowest BCUT2D eigenvalue weighted by Crippen LogP contribution is -2.48. The summed E-state index contributed by atoms with van der Waals surface area (Å²) in [6.07, 6.45) is 5.39. The van der Waals surface area contributed by atoms with Gasteiger partial charge in [-0.15, -0.1) is 0 Å². The Bertz CT molecular complexity index is 372. The first-order valence-corrected chi connectivity index (χ1v) is 7.93. The first kappa shape index (κ1) is 14.9. The SMILES string of the molecule is O=C1O[C@@H](C(Cl)(Cl)Cl)N2CCC[C@]12C/C=C/CBr. The normalized spacial score (nSPS) is 33.1. The number of allylic oxidation sites excluding steroid dienone is 1. The number of ether oxygens (including phenoxy) is 1. The number of fused-ring (bicyclic) bond motifs is 1. The first-order chi connectivity index (χ1) is 8.42. The zero-order chi connectivity index (χ0) is 13.4. The van der Waals surface area contributed by atoms with Crippen LogP contribution in [-0.4, -0.2) is 38.3 Å². The van der Waals surface area contributed by atoms with Crippen molar-refractivity contribution in [3.63, 3.8) is 0 Å². The van der Waals surface area contributed by atoms with Gasteiger partial charge in [-0.3, -0.25) is 0 Å². The third-order valence-corrected chi connectivity index (χ3v) is 4.35. The molecule has 2 fully saturated rings. The largest absolute Gasteiger partial charge is 0.440 e. The van der Waals surface area contributed by atoms with Gasteiger partial charge in [-0.25, -0.2) is 9.69 Å². The lowest BCUT2D eigenvalue weighted by molar-refractivity contribution is -0.145. The second kappa shape index (κ2) is 5.49. The van der Waals surface area contributed by atoms with Gasteiger partial charge < -0.3 is 4.74 Å². The molecule has 2 aliphatic rings. The van der Waals surface area contributed by atoms with Crippen molar-refractivity contribution in [1.29, 1.82) is 0 Å². The van der Waals surface area contributed by atoms with Crippen LogP contribution in [0.2, 0.25) is 0 Å². The summed E-state index contributed by atoms with van der Waals surface area (Å²) in [5.74, 6) is -0.282. The van der Waals surface area contributed by atoms with Crippen molar-refractivity contribution in [1.82, 2.24) is 4.90 Å². The number of cyclic esters (lactones) is 1. The summed E-state index contributed by atoms with van der Waals surface area (Å²) < 4.78 is 3.66. The zero-order valence-corrected chi connectivity index (χ0v) is 13.4. The molecule has 7 heteroatoms. The Morgan fingerprint density at radius 1 is 1.50 bits per heavy atom. The van der Waals surface area contributed by atoms with Crippen molar-refractivity contribution in [2.45, 2.75) is 34.8 Å². The predicted molar refractivity (Wildman–Crippen MR) is 76.4 cm³/mol. The summed E-state index contributed by atoms with van der Waals surface area (Å²) in [4.78, 5) is 14.0. The summed E-state index contributed by atoms with van der Waals surface area (Å²) in [6, 6.07) is 0. The lowest BCUT2D eigenvalue weighted by atomic mass is 9.92. The monoisotopic (exact) mass is 375 g/mol. The first-order valence-electron chi connectivity index (χ1n) is 5.67. The van der Waals surface area contributed by atoms with E-state index in [1.165, 1.54) is 0 Å². The van der Waals surface area contributed by atoms with Crippen molar-refractivity contribution in [2.75, 3.05) is 11.9 Å². The maximum atomic E-state index is 12.1. The Hall–Kier alpha value is 0.520. The molecule has 0 radical (unpaired) electrons. The second-order valence-corrected chi connectivity index (χ2v) is 7.47. The number of hydrogen-bond donors (Lipinski definition) is 0. The predicted octanol–water partition coefficient (Wildman–Crippen LogP) is 3.42. The molecule has 0 aromatic heterocycles. The molecular formula is C11H13BrCl3NO2. The highest BCUT2D eigenvalue weighted by molar-refractivity contribution is 9.09. The van der Waals surface area contributed by atoms with Crippen molar-refractivity contribution < 1.29 is 9.53 Å². The maximum Gasteiger partial charge on any atom is 0.328 e. The molecule has 0 bridgehead atoms. The minimum atomic E-state index is -1.61. The van der Waals surface area contributed by atoms with Crippen LogP contribution in [0.25, 0.3) is 0 Å². The number of esters is 1. The van der Waals surface area contributed by atoms with Crippen molar-refractivity contribution in [2.24, 2.45) is 0 Å². The van der Waals surface area contributed by atoms with Gasteiger partial charge in [0.05, 0.1) is 0 Å². The summed E-state index contributed by atoms with van der Waals surface area (Å²) in [5.41, 5.74) is -0.646. The molecule has 18 heavy (non-hydrogen) atoms. The molecule has 0 aromatic rings. The summed E-state index contributed by atoms with van der Waals surface area (Å²) in [5, 5.41) is 0.756. The molecule has 0 saturated carbocycles. The molecule has 0 amide bonds. The van der Waals surface area contributed by atoms with Gasteiger partial charge in [0.2, 0.25) is 10.0 Å². The number of carbonyl (C=O) groups excluding carboxylic acids is 1. The molecule has 0 N–H and O–H groups in total. The fourth-order valence-corrected chi connectivity index (χ4v) is 3.37. The Morgan fingerprint density at radius 3 is 2.83 bits per heavy atom. The van der Waals surface area contributed by atoms with Gasteiger partial charge in [-0.05, 0) is 19.3 Å². The standard InChI is InChI=1S/C11H13BrCl3NO2/c12-6-2-1-4-10-5-3-7-16(10)8(11(13,14)15)18-9(10)17/h1-2,8H,3-7H2/b2-1+/t8-,10+/m0/s1. The Labute approximate surface area is 129 Å². The van der Waals surface area contributed by atoms with Crippen LogP contribution < -0.4 is 0 Å². The van der Waals surface area contributed by atoms with E-state index in [0.717, 1.165) is 18.2 Å². The van der Waals surface area contributed by atoms with E-state index >= 15 is 0 Å². The van der Waals surface area contributed by atoms with Crippen molar-refractivity contribution in [3.8, 4) is 0 Å². The molecule has 2 rings (SSSR count). The molecule has 3 nitrogen and oxygen atoms in total. The van der Waals surface area contributed by atoms with E-state index in [-0.39, 0.29) is 5.97 Å². The zero-order valence-electron chi connectivity index (χ0n) is 9.54. The molecule has 0 unspecified atom stereocenters. The van der Waals surface area contributed by atoms with Crippen LogP contribution in [0.3, 0.4) is 0 Å². The fraction of sp³-hybridized carbons (Fsp3) is 0.727.